The minimum absolute atomic E-state index is 0.677. The smallest absolute Gasteiger partial charge is 0.0460 e. The normalized spacial score (nSPS) is 11.5. The van der Waals surface area contributed by atoms with E-state index >= 15 is 0 Å². The highest BCUT2D eigenvalue weighted by Crippen LogP contribution is 2.41. The zero-order chi connectivity index (χ0) is 7.84. The molecule has 0 nitrogen and oxygen atoms in total. The van der Waals surface area contributed by atoms with Crippen molar-refractivity contribution < 1.29 is 0 Å². The monoisotopic (exact) mass is 182 g/mol. The molecule has 0 atom stereocenters. The molecule has 0 N–H and O–H groups in total. The topological polar surface area (TPSA) is 0 Å². The molecule has 0 saturated carbocycles. The molecule has 0 unspecified atom stereocenters. The number of hydrogen-bond acceptors (Lipinski definition) is 2. The average molecular weight is 182 g/mol. The van der Waals surface area contributed by atoms with Gasteiger partial charge in [-0.05, 0) is 12.0 Å². The van der Waals surface area contributed by atoms with Crippen molar-refractivity contribution in [2.75, 3.05) is 0 Å². The minimum atomic E-state index is 0.677. The van der Waals surface area contributed by atoms with E-state index in [1.165, 1.54) is 15.3 Å². The predicted octanol–water partition coefficient (Wildman–Crippen LogP) is 4.04. The lowest BCUT2D eigenvalue weighted by Gasteiger charge is -2.00. The highest BCUT2D eigenvalue weighted by molar-refractivity contribution is 7.71. The van der Waals surface area contributed by atoms with Gasteiger partial charge in [-0.3, -0.25) is 0 Å². The minimum Gasteiger partial charge on any atom is -0.0836 e. The van der Waals surface area contributed by atoms with Crippen molar-refractivity contribution in [2.24, 2.45) is 0 Å². The van der Waals surface area contributed by atoms with Crippen LogP contribution in [0.1, 0.15) is 24.6 Å². The van der Waals surface area contributed by atoms with Crippen LogP contribution in [-0.2, 0) is 0 Å². The summed E-state index contributed by atoms with van der Waals surface area (Å²) in [6.45, 7) is 4.51. The van der Waals surface area contributed by atoms with E-state index in [0.29, 0.717) is 5.92 Å². The largest absolute Gasteiger partial charge is 0.0836 e. The summed E-state index contributed by atoms with van der Waals surface area (Å²) in [7, 11) is 3.81. The molecule has 2 aliphatic rings. The van der Waals surface area contributed by atoms with Gasteiger partial charge < -0.3 is 0 Å². The summed E-state index contributed by atoms with van der Waals surface area (Å²) >= 11 is 0. The van der Waals surface area contributed by atoms with Crippen molar-refractivity contribution in [3.8, 4) is 10.4 Å². The second-order valence-electron chi connectivity index (χ2n) is 2.99. The van der Waals surface area contributed by atoms with E-state index in [1.54, 1.807) is 0 Å². The maximum atomic E-state index is 2.25. The van der Waals surface area contributed by atoms with Crippen LogP contribution < -0.4 is 0 Å². The van der Waals surface area contributed by atoms with Crippen molar-refractivity contribution in [1.82, 2.24) is 0 Å². The molecule has 0 aromatic carbocycles. The Kier molecular flexibility index (Phi) is 1.74. The molecular formula is C9H10S2. The Hall–Kier alpha value is -0.340. The molecule has 0 amide bonds. The van der Waals surface area contributed by atoms with Crippen molar-refractivity contribution >= 4 is 20.7 Å². The van der Waals surface area contributed by atoms with Gasteiger partial charge in [0.15, 0.2) is 0 Å². The summed E-state index contributed by atoms with van der Waals surface area (Å²) in [6, 6.07) is 6.56. The number of fused-ring (bicyclic) bond motifs is 1. The Morgan fingerprint density at radius 1 is 1.18 bits per heavy atom. The fourth-order valence-corrected chi connectivity index (χ4v) is 4.15. The first kappa shape index (κ1) is 7.32. The van der Waals surface area contributed by atoms with Crippen LogP contribution in [0.15, 0.2) is 18.2 Å². The highest BCUT2D eigenvalue weighted by Gasteiger charge is 2.13. The van der Waals surface area contributed by atoms with E-state index in [4.69, 9.17) is 0 Å². The maximum absolute atomic E-state index is 2.25. The van der Waals surface area contributed by atoms with Crippen LogP contribution in [0, 0.1) is 0 Å². The molecule has 1 heterocycles. The number of hydrogen-bond donors (Lipinski definition) is 0. The Morgan fingerprint density at radius 3 is 2.73 bits per heavy atom. The Balaban J connectivity index is 2.56. The SMILES string of the molecule is CC(C)c1ssc2cccc1-2. The predicted molar refractivity (Wildman–Crippen MR) is 52.9 cm³/mol. The van der Waals surface area contributed by atoms with Gasteiger partial charge in [-0.15, -0.1) is 0 Å². The molecule has 2 rings (SSSR count). The van der Waals surface area contributed by atoms with Crippen LogP contribution in [0.2, 0.25) is 0 Å². The van der Waals surface area contributed by atoms with Crippen LogP contribution in [0.25, 0.3) is 10.4 Å². The van der Waals surface area contributed by atoms with Crippen molar-refractivity contribution in [3.63, 3.8) is 0 Å². The fourth-order valence-electron chi connectivity index (χ4n) is 1.22. The van der Waals surface area contributed by atoms with E-state index in [-0.39, 0.29) is 0 Å². The first-order chi connectivity index (χ1) is 5.29. The van der Waals surface area contributed by atoms with Gasteiger partial charge in [0.2, 0.25) is 0 Å². The molecular weight excluding hydrogens is 172 g/mol. The second kappa shape index (κ2) is 2.61. The van der Waals surface area contributed by atoms with E-state index in [2.05, 4.69) is 32.0 Å². The molecule has 1 aliphatic carbocycles. The maximum Gasteiger partial charge on any atom is 0.0460 e. The third kappa shape index (κ3) is 1.10. The van der Waals surface area contributed by atoms with Crippen LogP contribution in [-0.4, -0.2) is 0 Å². The van der Waals surface area contributed by atoms with E-state index < -0.39 is 0 Å². The van der Waals surface area contributed by atoms with Gasteiger partial charge >= 0.3 is 0 Å². The van der Waals surface area contributed by atoms with Gasteiger partial charge in [0.25, 0.3) is 0 Å². The lowest BCUT2D eigenvalue weighted by Crippen LogP contribution is -1.81. The highest BCUT2D eigenvalue weighted by atomic mass is 32.9. The summed E-state index contributed by atoms with van der Waals surface area (Å²) in [4.78, 5) is 2.98. The van der Waals surface area contributed by atoms with Crippen LogP contribution in [0.5, 0.6) is 0 Å². The van der Waals surface area contributed by atoms with Gasteiger partial charge in [0, 0.05) is 15.3 Å². The quantitative estimate of drug-likeness (QED) is 0.584. The van der Waals surface area contributed by atoms with Gasteiger partial charge in [-0.1, -0.05) is 46.7 Å². The van der Waals surface area contributed by atoms with Crippen molar-refractivity contribution in [3.05, 3.63) is 23.1 Å². The van der Waals surface area contributed by atoms with E-state index in [1.807, 2.05) is 20.7 Å². The lowest BCUT2D eigenvalue weighted by atomic mass is 10.1. The molecule has 11 heavy (non-hydrogen) atoms. The molecule has 0 radical (unpaired) electrons. The first-order valence-corrected chi connectivity index (χ1v) is 5.91. The first-order valence-electron chi connectivity index (χ1n) is 3.76. The van der Waals surface area contributed by atoms with Crippen LogP contribution in [0.3, 0.4) is 0 Å². The second-order valence-corrected chi connectivity index (χ2v) is 5.20. The zero-order valence-electron chi connectivity index (χ0n) is 6.63. The third-order valence-corrected chi connectivity index (χ3v) is 4.60. The summed E-state index contributed by atoms with van der Waals surface area (Å²) in [5.74, 6) is 0.677. The van der Waals surface area contributed by atoms with Crippen molar-refractivity contribution in [1.29, 1.82) is 0 Å². The summed E-state index contributed by atoms with van der Waals surface area (Å²) in [5.41, 5.74) is 1.47. The average Bonchev–Trinajstić information content (AvgIpc) is 2.41. The fraction of sp³-hybridized carbons (Fsp3) is 0.333. The van der Waals surface area contributed by atoms with Crippen molar-refractivity contribution in [2.45, 2.75) is 19.8 Å². The Labute approximate surface area is 74.2 Å². The number of rotatable bonds is 1. The Morgan fingerprint density at radius 2 is 2.00 bits per heavy atom. The molecule has 0 spiro atoms. The van der Waals surface area contributed by atoms with Gasteiger partial charge in [0.05, 0.1) is 0 Å². The molecule has 0 bridgehead atoms. The van der Waals surface area contributed by atoms with E-state index in [9.17, 15) is 0 Å². The van der Waals surface area contributed by atoms with Gasteiger partial charge in [-0.25, -0.2) is 0 Å². The zero-order valence-corrected chi connectivity index (χ0v) is 8.26. The summed E-state index contributed by atoms with van der Waals surface area (Å²) in [5, 5.41) is 0. The summed E-state index contributed by atoms with van der Waals surface area (Å²) in [6.07, 6.45) is 0. The van der Waals surface area contributed by atoms with Crippen LogP contribution in [0.4, 0.5) is 0 Å². The molecule has 0 fully saturated rings. The van der Waals surface area contributed by atoms with E-state index in [0.717, 1.165) is 0 Å². The Bertz CT molecular complexity index is 316. The van der Waals surface area contributed by atoms with Crippen LogP contribution >= 0.6 is 20.7 Å². The summed E-state index contributed by atoms with van der Waals surface area (Å²) < 4.78 is 0. The third-order valence-electron chi connectivity index (χ3n) is 1.79. The standard InChI is InChI=1S/C9H10S2/c1-6(2)9-7-4-3-5-8(7)10-11-9/h3-6H,1-2H3. The molecule has 58 valence electrons. The molecule has 1 aliphatic heterocycles. The molecule has 0 aromatic heterocycles. The molecule has 2 heteroatoms. The lowest BCUT2D eigenvalue weighted by molar-refractivity contribution is 0.892. The van der Waals surface area contributed by atoms with Gasteiger partial charge in [-0.2, -0.15) is 0 Å². The molecule has 0 saturated heterocycles. The molecule has 0 aromatic rings. The van der Waals surface area contributed by atoms with Gasteiger partial charge in [0.1, 0.15) is 0 Å².